The number of tetrazole rings is 1. The molecular weight excluding hydrogens is 481 g/mol. The standard InChI is InChI=1S/C19H16BrCl2N5O2/c1-19(13-6-14(21)8-15(22)7-13)9-17(23-29-19)11-3-4-12(16(20)5-11)10-27-18(28)26(2)24-25-27/h3-8H,9-10H2,1-2H3. The second-order valence-electron chi connectivity index (χ2n) is 7.04. The molecule has 1 aliphatic rings. The third kappa shape index (κ3) is 3.97. The lowest BCUT2D eigenvalue weighted by atomic mass is 9.89. The highest BCUT2D eigenvalue weighted by atomic mass is 79.9. The Kier molecular flexibility index (Phi) is 5.27. The molecule has 0 N–H and O–H groups in total. The summed E-state index contributed by atoms with van der Waals surface area (Å²) in [6, 6.07) is 11.2. The highest BCUT2D eigenvalue weighted by Crippen LogP contribution is 2.38. The van der Waals surface area contributed by atoms with E-state index in [1.807, 2.05) is 37.3 Å². The largest absolute Gasteiger partial charge is 0.384 e. The van der Waals surface area contributed by atoms with Crippen LogP contribution in [0.4, 0.5) is 0 Å². The van der Waals surface area contributed by atoms with Gasteiger partial charge < -0.3 is 4.84 Å². The smallest absolute Gasteiger partial charge is 0.363 e. The molecule has 1 atom stereocenters. The maximum absolute atomic E-state index is 11.9. The van der Waals surface area contributed by atoms with Crippen molar-refractivity contribution in [2.45, 2.75) is 25.5 Å². The van der Waals surface area contributed by atoms with E-state index in [1.54, 1.807) is 13.1 Å². The molecule has 0 saturated carbocycles. The van der Waals surface area contributed by atoms with Gasteiger partial charge in [0.25, 0.3) is 0 Å². The van der Waals surface area contributed by atoms with Gasteiger partial charge in [-0.1, -0.05) is 56.4 Å². The molecule has 2 aromatic carbocycles. The Labute approximate surface area is 185 Å². The van der Waals surface area contributed by atoms with Crippen molar-refractivity contribution < 1.29 is 4.84 Å². The van der Waals surface area contributed by atoms with Crippen molar-refractivity contribution >= 4 is 44.8 Å². The number of hydrogen-bond acceptors (Lipinski definition) is 5. The Bertz CT molecular complexity index is 1170. The van der Waals surface area contributed by atoms with Crippen molar-refractivity contribution in [2.75, 3.05) is 0 Å². The summed E-state index contributed by atoms with van der Waals surface area (Å²) in [6.45, 7) is 2.27. The average molecular weight is 497 g/mol. The molecule has 29 heavy (non-hydrogen) atoms. The molecule has 3 aromatic rings. The minimum absolute atomic E-state index is 0.273. The minimum Gasteiger partial charge on any atom is -0.384 e. The maximum Gasteiger partial charge on any atom is 0.363 e. The van der Waals surface area contributed by atoms with Crippen molar-refractivity contribution in [3.63, 3.8) is 0 Å². The van der Waals surface area contributed by atoms with Crippen LogP contribution in [0.15, 0.2) is 50.8 Å². The van der Waals surface area contributed by atoms with Crippen LogP contribution in [-0.4, -0.2) is 25.5 Å². The first-order valence-corrected chi connectivity index (χ1v) is 10.3. The molecule has 4 rings (SSSR count). The summed E-state index contributed by atoms with van der Waals surface area (Å²) >= 11 is 15.9. The molecule has 7 nitrogen and oxygen atoms in total. The van der Waals surface area contributed by atoms with Gasteiger partial charge in [0.2, 0.25) is 0 Å². The first-order chi connectivity index (χ1) is 13.7. The van der Waals surface area contributed by atoms with Crippen LogP contribution < -0.4 is 5.69 Å². The van der Waals surface area contributed by atoms with Crippen LogP contribution in [0.3, 0.4) is 0 Å². The molecule has 0 aliphatic carbocycles. The number of nitrogens with zero attached hydrogens (tertiary/aromatic N) is 5. The molecule has 1 aliphatic heterocycles. The summed E-state index contributed by atoms with van der Waals surface area (Å²) in [5, 5.41) is 13.0. The van der Waals surface area contributed by atoms with Crippen LogP contribution in [-0.2, 0) is 24.0 Å². The van der Waals surface area contributed by atoms with Gasteiger partial charge in [-0.05, 0) is 47.2 Å². The molecule has 0 saturated heterocycles. The molecule has 0 fully saturated rings. The second-order valence-corrected chi connectivity index (χ2v) is 8.77. The summed E-state index contributed by atoms with van der Waals surface area (Å²) in [7, 11) is 1.56. The molecule has 1 aromatic heterocycles. The van der Waals surface area contributed by atoms with Crippen LogP contribution in [0.1, 0.15) is 30.0 Å². The summed E-state index contributed by atoms with van der Waals surface area (Å²) in [5.41, 5.74) is 2.58. The first-order valence-electron chi connectivity index (χ1n) is 8.72. The number of rotatable bonds is 4. The molecular formula is C19H16BrCl2N5O2. The lowest BCUT2D eigenvalue weighted by molar-refractivity contribution is -0.00737. The molecule has 0 radical (unpaired) electrons. The Morgan fingerprint density at radius 2 is 1.90 bits per heavy atom. The highest BCUT2D eigenvalue weighted by Gasteiger charge is 2.37. The molecule has 0 bridgehead atoms. The van der Waals surface area contributed by atoms with E-state index in [9.17, 15) is 4.79 Å². The maximum atomic E-state index is 11.9. The van der Waals surface area contributed by atoms with E-state index < -0.39 is 5.60 Å². The fraction of sp³-hybridized carbons (Fsp3) is 0.263. The predicted octanol–water partition coefficient (Wildman–Crippen LogP) is 4.13. The van der Waals surface area contributed by atoms with E-state index in [4.69, 9.17) is 28.0 Å². The van der Waals surface area contributed by atoms with Crippen LogP contribution >= 0.6 is 39.1 Å². The van der Waals surface area contributed by atoms with Gasteiger partial charge in [0.05, 0.1) is 12.3 Å². The third-order valence-corrected chi connectivity index (χ3v) is 6.00. The fourth-order valence-corrected chi connectivity index (χ4v) is 4.21. The van der Waals surface area contributed by atoms with Crippen molar-refractivity contribution in [1.29, 1.82) is 0 Å². The zero-order chi connectivity index (χ0) is 20.8. The topological polar surface area (TPSA) is 74.3 Å². The molecule has 2 heterocycles. The highest BCUT2D eigenvalue weighted by molar-refractivity contribution is 9.10. The zero-order valence-corrected chi connectivity index (χ0v) is 18.7. The van der Waals surface area contributed by atoms with Gasteiger partial charge in [-0.15, -0.1) is 0 Å². The van der Waals surface area contributed by atoms with Gasteiger partial charge in [-0.3, -0.25) is 0 Å². The Morgan fingerprint density at radius 1 is 1.17 bits per heavy atom. The van der Waals surface area contributed by atoms with Gasteiger partial charge in [0, 0.05) is 39.1 Å². The fourth-order valence-electron chi connectivity index (χ4n) is 3.18. The SMILES string of the molecule is Cn1nnn(Cc2ccc(C3=NOC(C)(c4cc(Cl)cc(Cl)c4)C3)cc2Br)c1=O. The van der Waals surface area contributed by atoms with Gasteiger partial charge >= 0.3 is 5.69 Å². The molecule has 0 spiro atoms. The average Bonchev–Trinajstić information content (AvgIpc) is 3.21. The molecule has 1 unspecified atom stereocenters. The molecule has 10 heteroatoms. The number of benzene rings is 2. The van der Waals surface area contributed by atoms with Crippen LogP contribution in [0, 0.1) is 0 Å². The van der Waals surface area contributed by atoms with Crippen LogP contribution in [0.2, 0.25) is 10.0 Å². The van der Waals surface area contributed by atoms with Crippen LogP contribution in [0.5, 0.6) is 0 Å². The lowest BCUT2D eigenvalue weighted by Gasteiger charge is -2.22. The summed E-state index contributed by atoms with van der Waals surface area (Å²) in [5.74, 6) is 0. The third-order valence-electron chi connectivity index (χ3n) is 4.82. The number of hydrogen-bond donors (Lipinski definition) is 0. The number of aromatic nitrogens is 4. The van der Waals surface area contributed by atoms with Gasteiger partial charge in [-0.25, -0.2) is 4.79 Å². The van der Waals surface area contributed by atoms with Crippen molar-refractivity contribution in [3.8, 4) is 0 Å². The quantitative estimate of drug-likeness (QED) is 0.544. The van der Waals surface area contributed by atoms with Crippen molar-refractivity contribution in [1.82, 2.24) is 19.8 Å². The minimum atomic E-state index is -0.651. The van der Waals surface area contributed by atoms with Crippen LogP contribution in [0.25, 0.3) is 0 Å². The number of aryl methyl sites for hydroxylation is 1. The summed E-state index contributed by atoms with van der Waals surface area (Å²) in [4.78, 5) is 17.7. The summed E-state index contributed by atoms with van der Waals surface area (Å²) < 4.78 is 3.33. The Morgan fingerprint density at radius 3 is 2.52 bits per heavy atom. The number of oxime groups is 1. The normalized spacial score (nSPS) is 18.6. The van der Waals surface area contributed by atoms with Gasteiger partial charge in [0.1, 0.15) is 0 Å². The predicted molar refractivity (Wildman–Crippen MR) is 115 cm³/mol. The van der Waals surface area contributed by atoms with Crippen molar-refractivity contribution in [3.05, 3.63) is 78.1 Å². The Balaban J connectivity index is 1.56. The van der Waals surface area contributed by atoms with E-state index in [1.165, 1.54) is 9.36 Å². The first kappa shape index (κ1) is 20.1. The lowest BCUT2D eigenvalue weighted by Crippen LogP contribution is -2.24. The van der Waals surface area contributed by atoms with E-state index in [-0.39, 0.29) is 5.69 Å². The van der Waals surface area contributed by atoms with Crippen molar-refractivity contribution in [2.24, 2.45) is 12.2 Å². The van der Waals surface area contributed by atoms with E-state index in [0.29, 0.717) is 23.0 Å². The monoisotopic (exact) mass is 495 g/mol. The number of halogens is 3. The van der Waals surface area contributed by atoms with E-state index in [0.717, 1.165) is 26.9 Å². The second kappa shape index (κ2) is 7.59. The molecule has 0 amide bonds. The van der Waals surface area contributed by atoms with Gasteiger partial charge in [0.15, 0.2) is 5.60 Å². The van der Waals surface area contributed by atoms with Gasteiger partial charge in [-0.2, -0.15) is 9.36 Å². The van der Waals surface area contributed by atoms with E-state index >= 15 is 0 Å². The van der Waals surface area contributed by atoms with E-state index in [2.05, 4.69) is 31.5 Å². The zero-order valence-electron chi connectivity index (χ0n) is 15.6. The molecule has 150 valence electrons. The summed E-state index contributed by atoms with van der Waals surface area (Å²) in [6.07, 6.45) is 0.569. The Hall–Kier alpha value is -2.16.